The Kier molecular flexibility index (Phi) is 4.18. The van der Waals surface area contributed by atoms with Gasteiger partial charge in [0.25, 0.3) is 0 Å². The van der Waals surface area contributed by atoms with Crippen molar-refractivity contribution in [1.82, 2.24) is 4.90 Å². The average Bonchev–Trinajstić information content (AvgIpc) is 2.98. The highest BCUT2D eigenvalue weighted by Crippen LogP contribution is 2.27. The van der Waals surface area contributed by atoms with Crippen LogP contribution in [-0.2, 0) is 21.4 Å². The Morgan fingerprint density at radius 3 is 2.86 bits per heavy atom. The summed E-state index contributed by atoms with van der Waals surface area (Å²) >= 11 is 1.67. The van der Waals surface area contributed by atoms with Crippen molar-refractivity contribution < 1.29 is 17.1 Å². The zero-order valence-electron chi connectivity index (χ0n) is 11.9. The van der Waals surface area contributed by atoms with Crippen LogP contribution in [0, 0.1) is 5.92 Å². The Bertz CT molecular complexity index is 800. The van der Waals surface area contributed by atoms with E-state index in [1.807, 2.05) is 12.1 Å². The van der Waals surface area contributed by atoms with Crippen molar-refractivity contribution >= 4 is 37.6 Å². The number of nitrogens with zero attached hydrogens (tertiary/aromatic N) is 1. The van der Waals surface area contributed by atoms with Crippen molar-refractivity contribution in [2.75, 3.05) is 18.8 Å². The molecule has 1 fully saturated rings. The molecule has 0 aliphatic carbocycles. The Morgan fingerprint density at radius 2 is 2.09 bits per heavy atom. The number of hydrogen-bond acceptors (Lipinski definition) is 4. The average molecular weight is 341 g/mol. The van der Waals surface area contributed by atoms with Gasteiger partial charge in [-0.05, 0) is 28.8 Å². The van der Waals surface area contributed by atoms with Crippen LogP contribution in [0.15, 0.2) is 29.6 Å². The third-order valence-electron chi connectivity index (χ3n) is 3.94. The van der Waals surface area contributed by atoms with Gasteiger partial charge in [-0.2, -0.15) is 8.42 Å². The molecule has 4 nitrogen and oxygen atoms in total. The van der Waals surface area contributed by atoms with Crippen molar-refractivity contribution in [2.24, 2.45) is 5.92 Å². The number of fused-ring (bicyclic) bond motifs is 1. The van der Waals surface area contributed by atoms with Gasteiger partial charge >= 0.3 is 10.2 Å². The molecule has 1 aliphatic rings. The molecule has 0 saturated carbocycles. The van der Waals surface area contributed by atoms with Crippen molar-refractivity contribution in [3.63, 3.8) is 0 Å². The Balaban J connectivity index is 1.63. The smallest absolute Gasteiger partial charge is 0.302 e. The van der Waals surface area contributed by atoms with Gasteiger partial charge in [0.1, 0.15) is 0 Å². The van der Waals surface area contributed by atoms with Gasteiger partial charge in [-0.15, -0.1) is 15.2 Å². The minimum atomic E-state index is -4.52. The summed E-state index contributed by atoms with van der Waals surface area (Å²) in [5, 5.41) is 3.29. The highest BCUT2D eigenvalue weighted by Gasteiger charge is 2.32. The SMILES string of the molecule is O=C1CC(CS(=O)(=O)F)CN1CCc1csc2ccccc12. The minimum Gasteiger partial charge on any atom is -0.342 e. The molecule has 1 saturated heterocycles. The first kappa shape index (κ1) is 15.4. The van der Waals surface area contributed by atoms with E-state index in [0.717, 1.165) is 6.42 Å². The number of thiophene rings is 1. The fourth-order valence-corrected chi connectivity index (χ4v) is 4.73. The summed E-state index contributed by atoms with van der Waals surface area (Å²) in [7, 11) is -4.52. The third kappa shape index (κ3) is 3.47. The van der Waals surface area contributed by atoms with E-state index in [2.05, 4.69) is 17.5 Å². The summed E-state index contributed by atoms with van der Waals surface area (Å²) < 4.78 is 35.3. The molecule has 1 aromatic carbocycles. The number of rotatable bonds is 5. The number of hydrogen-bond donors (Lipinski definition) is 0. The lowest BCUT2D eigenvalue weighted by Gasteiger charge is -2.16. The first-order valence-electron chi connectivity index (χ1n) is 7.07. The van der Waals surface area contributed by atoms with Crippen LogP contribution < -0.4 is 0 Å². The van der Waals surface area contributed by atoms with Crippen LogP contribution in [0.2, 0.25) is 0 Å². The quantitative estimate of drug-likeness (QED) is 0.786. The zero-order chi connectivity index (χ0) is 15.7. The third-order valence-corrected chi connectivity index (χ3v) is 5.82. The summed E-state index contributed by atoms with van der Waals surface area (Å²) in [4.78, 5) is 13.5. The van der Waals surface area contributed by atoms with Gasteiger partial charge in [0, 0.05) is 30.1 Å². The Morgan fingerprint density at radius 1 is 1.32 bits per heavy atom. The Hall–Kier alpha value is -1.47. The zero-order valence-corrected chi connectivity index (χ0v) is 13.5. The second kappa shape index (κ2) is 5.96. The maximum atomic E-state index is 12.7. The molecule has 1 unspecified atom stereocenters. The second-order valence-corrected chi connectivity index (χ2v) is 7.94. The lowest BCUT2D eigenvalue weighted by molar-refractivity contribution is -0.127. The van der Waals surface area contributed by atoms with E-state index in [1.54, 1.807) is 16.2 Å². The normalized spacial score (nSPS) is 19.2. The highest BCUT2D eigenvalue weighted by molar-refractivity contribution is 7.86. The predicted molar refractivity (Wildman–Crippen MR) is 85.1 cm³/mol. The summed E-state index contributed by atoms with van der Waals surface area (Å²) in [6, 6.07) is 8.11. The number of amides is 1. The van der Waals surface area contributed by atoms with Gasteiger partial charge in [-0.25, -0.2) is 0 Å². The van der Waals surface area contributed by atoms with E-state index in [-0.39, 0.29) is 12.3 Å². The van der Waals surface area contributed by atoms with Crippen molar-refractivity contribution in [3.05, 3.63) is 35.2 Å². The summed E-state index contributed by atoms with van der Waals surface area (Å²) in [6.45, 7) is 0.868. The van der Waals surface area contributed by atoms with E-state index >= 15 is 0 Å². The van der Waals surface area contributed by atoms with Crippen LogP contribution in [-0.4, -0.2) is 38.1 Å². The van der Waals surface area contributed by atoms with E-state index < -0.39 is 21.9 Å². The first-order chi connectivity index (χ1) is 10.4. The van der Waals surface area contributed by atoms with Crippen LogP contribution in [0.3, 0.4) is 0 Å². The number of likely N-dealkylation sites (tertiary alicyclic amines) is 1. The van der Waals surface area contributed by atoms with Gasteiger partial charge in [-0.3, -0.25) is 4.79 Å². The molecule has 7 heteroatoms. The summed E-state index contributed by atoms with van der Waals surface area (Å²) in [5.74, 6) is -1.08. The van der Waals surface area contributed by atoms with E-state index in [9.17, 15) is 17.1 Å². The van der Waals surface area contributed by atoms with Crippen LogP contribution in [0.1, 0.15) is 12.0 Å². The van der Waals surface area contributed by atoms with Gasteiger partial charge in [-0.1, -0.05) is 18.2 Å². The largest absolute Gasteiger partial charge is 0.342 e. The van der Waals surface area contributed by atoms with Gasteiger partial charge in [0.15, 0.2) is 0 Å². The molecule has 1 aliphatic heterocycles. The maximum absolute atomic E-state index is 12.7. The monoisotopic (exact) mass is 341 g/mol. The molecule has 118 valence electrons. The summed E-state index contributed by atoms with van der Waals surface area (Å²) in [6.07, 6.45) is 0.846. The Labute approximate surface area is 132 Å². The number of carbonyl (C=O) groups excluding carboxylic acids is 1. The van der Waals surface area contributed by atoms with Crippen molar-refractivity contribution in [1.29, 1.82) is 0 Å². The molecule has 0 radical (unpaired) electrons. The number of carbonyl (C=O) groups is 1. The van der Waals surface area contributed by atoms with Crippen LogP contribution in [0.25, 0.3) is 10.1 Å². The minimum absolute atomic E-state index is 0.0896. The molecule has 2 aromatic rings. The van der Waals surface area contributed by atoms with E-state index in [0.29, 0.717) is 13.1 Å². The fourth-order valence-electron chi connectivity index (χ4n) is 2.95. The predicted octanol–water partition coefficient (Wildman–Crippen LogP) is 2.59. The molecule has 0 bridgehead atoms. The highest BCUT2D eigenvalue weighted by atomic mass is 32.3. The molecule has 1 aromatic heterocycles. The number of halogens is 1. The van der Waals surface area contributed by atoms with Crippen LogP contribution >= 0.6 is 11.3 Å². The van der Waals surface area contributed by atoms with Gasteiger partial charge in [0.2, 0.25) is 5.91 Å². The molecule has 22 heavy (non-hydrogen) atoms. The topological polar surface area (TPSA) is 54.5 Å². The lowest BCUT2D eigenvalue weighted by Crippen LogP contribution is -2.28. The van der Waals surface area contributed by atoms with Crippen LogP contribution in [0.4, 0.5) is 3.89 Å². The van der Waals surface area contributed by atoms with Crippen LogP contribution in [0.5, 0.6) is 0 Å². The first-order valence-corrected chi connectivity index (χ1v) is 9.51. The number of benzene rings is 1. The molecule has 2 heterocycles. The molecular formula is C15H16FNO3S2. The fraction of sp³-hybridized carbons (Fsp3) is 0.400. The molecule has 1 amide bonds. The molecule has 1 atom stereocenters. The molecular weight excluding hydrogens is 325 g/mol. The van der Waals surface area contributed by atoms with Gasteiger partial charge < -0.3 is 4.90 Å². The molecule has 3 rings (SSSR count). The lowest BCUT2D eigenvalue weighted by atomic mass is 10.1. The van der Waals surface area contributed by atoms with E-state index in [1.165, 1.54) is 15.6 Å². The van der Waals surface area contributed by atoms with Gasteiger partial charge in [0.05, 0.1) is 5.75 Å². The van der Waals surface area contributed by atoms with Crippen molar-refractivity contribution in [3.8, 4) is 0 Å². The molecule has 0 N–H and O–H groups in total. The molecule has 0 spiro atoms. The van der Waals surface area contributed by atoms with Crippen molar-refractivity contribution in [2.45, 2.75) is 12.8 Å². The van der Waals surface area contributed by atoms with E-state index in [4.69, 9.17) is 0 Å². The maximum Gasteiger partial charge on any atom is 0.302 e. The standard InChI is InChI=1S/C15H16FNO3S2/c16-22(19,20)10-11-7-15(18)17(8-11)6-5-12-9-21-14-4-2-1-3-13(12)14/h1-4,9,11H,5-8,10H2. The summed E-state index contributed by atoms with van der Waals surface area (Å²) in [5.41, 5.74) is 1.19. The second-order valence-electron chi connectivity index (χ2n) is 5.62.